The Hall–Kier alpha value is -2.84. The third kappa shape index (κ3) is 7.08. The van der Waals surface area contributed by atoms with Crippen molar-refractivity contribution in [1.82, 2.24) is 9.80 Å². The SMILES string of the molecule is Cc1ccc(O[C@@H](C)OC(=O)N2CCN(C(=O)O[C@H](C)Oc3ccc(C)cc3Cl)CC2)c(Cl)c1. The van der Waals surface area contributed by atoms with Crippen molar-refractivity contribution in [2.75, 3.05) is 26.2 Å². The summed E-state index contributed by atoms with van der Waals surface area (Å²) >= 11 is 12.3. The number of aryl methyl sites for hydroxylation is 2. The lowest BCUT2D eigenvalue weighted by molar-refractivity contribution is -0.0478. The molecule has 1 aliphatic heterocycles. The molecule has 0 bridgehead atoms. The van der Waals surface area contributed by atoms with Gasteiger partial charge >= 0.3 is 12.2 Å². The van der Waals surface area contributed by atoms with Gasteiger partial charge in [-0.3, -0.25) is 0 Å². The van der Waals surface area contributed by atoms with E-state index in [9.17, 15) is 9.59 Å². The Kier molecular flexibility index (Phi) is 8.74. The van der Waals surface area contributed by atoms with Crippen LogP contribution in [-0.2, 0) is 9.47 Å². The molecule has 2 aromatic rings. The van der Waals surface area contributed by atoms with Gasteiger partial charge in [-0.1, -0.05) is 35.3 Å². The summed E-state index contributed by atoms with van der Waals surface area (Å²) in [5, 5.41) is 0.885. The first-order chi connectivity index (χ1) is 16.1. The highest BCUT2D eigenvalue weighted by Crippen LogP contribution is 2.27. The van der Waals surface area contributed by atoms with E-state index in [-0.39, 0.29) is 0 Å². The molecular weight excluding hydrogens is 483 g/mol. The maximum absolute atomic E-state index is 12.5. The first-order valence-corrected chi connectivity index (χ1v) is 11.6. The number of rotatable bonds is 6. The molecule has 0 aliphatic carbocycles. The molecule has 3 rings (SSSR count). The van der Waals surface area contributed by atoms with Gasteiger partial charge in [0.1, 0.15) is 11.5 Å². The maximum Gasteiger partial charge on any atom is 0.412 e. The number of carbonyl (C=O) groups is 2. The minimum atomic E-state index is -0.831. The molecule has 1 aliphatic rings. The molecule has 0 radical (unpaired) electrons. The Balaban J connectivity index is 1.42. The van der Waals surface area contributed by atoms with Crippen molar-refractivity contribution in [2.45, 2.75) is 40.3 Å². The molecule has 34 heavy (non-hydrogen) atoms. The number of benzene rings is 2. The molecular formula is C24H28Cl2N2O6. The van der Waals surface area contributed by atoms with Crippen LogP contribution in [-0.4, -0.2) is 60.7 Å². The minimum absolute atomic E-state index is 0.297. The first kappa shape index (κ1) is 25.8. The van der Waals surface area contributed by atoms with Crippen molar-refractivity contribution < 1.29 is 28.5 Å². The number of amides is 2. The van der Waals surface area contributed by atoms with Crippen LogP contribution < -0.4 is 9.47 Å². The van der Waals surface area contributed by atoms with Crippen LogP contribution in [0.15, 0.2) is 36.4 Å². The second-order valence-corrected chi connectivity index (χ2v) is 8.79. The van der Waals surface area contributed by atoms with Gasteiger partial charge < -0.3 is 28.7 Å². The van der Waals surface area contributed by atoms with Crippen molar-refractivity contribution in [3.8, 4) is 11.5 Å². The lowest BCUT2D eigenvalue weighted by Crippen LogP contribution is -2.51. The second-order valence-electron chi connectivity index (χ2n) is 7.98. The fourth-order valence-electron chi connectivity index (χ4n) is 3.31. The highest BCUT2D eigenvalue weighted by atomic mass is 35.5. The zero-order chi connectivity index (χ0) is 24.8. The lowest BCUT2D eigenvalue weighted by atomic mass is 10.2. The number of carbonyl (C=O) groups excluding carboxylic acids is 2. The van der Waals surface area contributed by atoms with Gasteiger partial charge in [-0.2, -0.15) is 0 Å². The van der Waals surface area contributed by atoms with Gasteiger partial charge in [0.25, 0.3) is 0 Å². The molecule has 10 heteroatoms. The number of halogens is 2. The number of piperazine rings is 1. The van der Waals surface area contributed by atoms with E-state index in [1.54, 1.807) is 38.1 Å². The van der Waals surface area contributed by atoms with Crippen molar-refractivity contribution in [1.29, 1.82) is 0 Å². The molecule has 8 nitrogen and oxygen atoms in total. The highest BCUT2D eigenvalue weighted by molar-refractivity contribution is 6.32. The van der Waals surface area contributed by atoms with E-state index in [1.807, 2.05) is 26.0 Å². The van der Waals surface area contributed by atoms with Crippen LogP contribution in [0.25, 0.3) is 0 Å². The van der Waals surface area contributed by atoms with Crippen LogP contribution in [0, 0.1) is 13.8 Å². The average molecular weight is 511 g/mol. The smallest absolute Gasteiger partial charge is 0.412 e. The Bertz CT molecular complexity index is 945. The number of ether oxygens (including phenoxy) is 4. The van der Waals surface area contributed by atoms with E-state index >= 15 is 0 Å². The number of nitrogens with zero attached hydrogens (tertiary/aromatic N) is 2. The van der Waals surface area contributed by atoms with E-state index in [1.165, 1.54) is 9.80 Å². The van der Waals surface area contributed by atoms with E-state index in [0.717, 1.165) is 11.1 Å². The molecule has 184 valence electrons. The molecule has 0 N–H and O–H groups in total. The fraction of sp³-hybridized carbons (Fsp3) is 0.417. The zero-order valence-electron chi connectivity index (χ0n) is 19.5. The third-order valence-corrected chi connectivity index (χ3v) is 5.68. The number of hydrogen-bond acceptors (Lipinski definition) is 6. The van der Waals surface area contributed by atoms with Gasteiger partial charge in [0.15, 0.2) is 0 Å². The number of hydrogen-bond donors (Lipinski definition) is 0. The summed E-state index contributed by atoms with van der Waals surface area (Å²) in [4.78, 5) is 28.0. The fourth-order valence-corrected chi connectivity index (χ4v) is 3.87. The normalized spacial score (nSPS) is 15.4. The summed E-state index contributed by atoms with van der Waals surface area (Å²) in [6, 6.07) is 10.7. The Morgan fingerprint density at radius 2 is 1.09 bits per heavy atom. The summed E-state index contributed by atoms with van der Waals surface area (Å²) in [6.45, 7) is 8.25. The monoisotopic (exact) mass is 510 g/mol. The molecule has 0 unspecified atom stereocenters. The Morgan fingerprint density at radius 3 is 1.41 bits per heavy atom. The zero-order valence-corrected chi connectivity index (χ0v) is 21.1. The van der Waals surface area contributed by atoms with Gasteiger partial charge in [0, 0.05) is 40.0 Å². The van der Waals surface area contributed by atoms with E-state index in [0.29, 0.717) is 47.7 Å². The largest absolute Gasteiger partial charge is 0.453 e. The molecule has 0 saturated carbocycles. The van der Waals surface area contributed by atoms with Crippen molar-refractivity contribution in [3.63, 3.8) is 0 Å². The summed E-state index contributed by atoms with van der Waals surface area (Å²) in [5.41, 5.74) is 2.00. The van der Waals surface area contributed by atoms with Gasteiger partial charge in [-0.25, -0.2) is 9.59 Å². The standard InChI is InChI=1S/C24H28Cl2N2O6/c1-15-5-7-21(19(25)13-15)31-17(3)33-23(29)27-9-11-28(12-10-27)24(30)34-18(4)32-22-8-6-16(2)14-20(22)26/h5-8,13-14,17-18H,9-12H2,1-4H3/t17-,18-/m1/s1. The van der Waals surface area contributed by atoms with Crippen molar-refractivity contribution >= 4 is 35.4 Å². The topological polar surface area (TPSA) is 77.5 Å². The van der Waals surface area contributed by atoms with E-state index in [4.69, 9.17) is 42.1 Å². The molecule has 1 fully saturated rings. The quantitative estimate of drug-likeness (QED) is 0.467. The van der Waals surface area contributed by atoms with Crippen LogP contribution in [0.3, 0.4) is 0 Å². The molecule has 1 saturated heterocycles. The molecule has 2 atom stereocenters. The van der Waals surface area contributed by atoms with Crippen LogP contribution in [0.5, 0.6) is 11.5 Å². The van der Waals surface area contributed by atoms with Crippen molar-refractivity contribution in [3.05, 3.63) is 57.6 Å². The predicted octanol–water partition coefficient (Wildman–Crippen LogP) is 5.65. The Labute approximate surface area is 209 Å². The van der Waals surface area contributed by atoms with Crippen LogP contribution in [0.4, 0.5) is 9.59 Å². The van der Waals surface area contributed by atoms with Crippen molar-refractivity contribution in [2.24, 2.45) is 0 Å². The minimum Gasteiger partial charge on any atom is -0.453 e. The van der Waals surface area contributed by atoms with E-state index < -0.39 is 24.8 Å². The van der Waals surface area contributed by atoms with Gasteiger partial charge in [-0.15, -0.1) is 0 Å². The van der Waals surface area contributed by atoms with Crippen LogP contribution >= 0.6 is 23.2 Å². The molecule has 2 aromatic carbocycles. The summed E-state index contributed by atoms with van der Waals surface area (Å²) in [5.74, 6) is 0.867. The summed E-state index contributed by atoms with van der Waals surface area (Å²) in [6.07, 6.45) is -2.73. The van der Waals surface area contributed by atoms with Gasteiger partial charge in [0.2, 0.25) is 12.6 Å². The van der Waals surface area contributed by atoms with Crippen LogP contribution in [0.2, 0.25) is 10.0 Å². The highest BCUT2D eigenvalue weighted by Gasteiger charge is 2.28. The first-order valence-electron chi connectivity index (χ1n) is 10.9. The predicted molar refractivity (Wildman–Crippen MR) is 129 cm³/mol. The molecule has 0 aromatic heterocycles. The maximum atomic E-state index is 12.5. The Morgan fingerprint density at radius 1 is 0.735 bits per heavy atom. The molecule has 2 amide bonds. The second kappa shape index (κ2) is 11.5. The van der Waals surface area contributed by atoms with Crippen LogP contribution in [0.1, 0.15) is 25.0 Å². The lowest BCUT2D eigenvalue weighted by Gasteiger charge is -2.34. The van der Waals surface area contributed by atoms with Gasteiger partial charge in [0.05, 0.1) is 10.0 Å². The summed E-state index contributed by atoms with van der Waals surface area (Å²) < 4.78 is 22.0. The van der Waals surface area contributed by atoms with E-state index in [2.05, 4.69) is 0 Å². The average Bonchev–Trinajstić information content (AvgIpc) is 2.77. The molecule has 0 spiro atoms. The molecule has 1 heterocycles. The van der Waals surface area contributed by atoms with Gasteiger partial charge in [-0.05, 0) is 49.2 Å². The third-order valence-electron chi connectivity index (χ3n) is 5.09. The summed E-state index contributed by atoms with van der Waals surface area (Å²) in [7, 11) is 0.